The summed E-state index contributed by atoms with van der Waals surface area (Å²) in [5.41, 5.74) is 1.64. The zero-order chi connectivity index (χ0) is 23.2. The highest BCUT2D eigenvalue weighted by molar-refractivity contribution is 5.23. The molecule has 3 fully saturated rings. The highest BCUT2D eigenvalue weighted by atomic mass is 16.7. The molecule has 3 saturated carbocycles. The van der Waals surface area contributed by atoms with Crippen LogP contribution in [0.4, 0.5) is 0 Å². The smallest absolute Gasteiger partial charge is 0.202 e. The Hall–Kier alpha value is -0.760. The summed E-state index contributed by atoms with van der Waals surface area (Å²) < 4.78 is 13.7. The van der Waals surface area contributed by atoms with Gasteiger partial charge in [0, 0.05) is 12.3 Å². The Bertz CT molecular complexity index is 652. The minimum atomic E-state index is -0.0169. The van der Waals surface area contributed by atoms with E-state index in [1.54, 1.807) is 5.57 Å². The van der Waals surface area contributed by atoms with Crippen molar-refractivity contribution in [2.45, 2.75) is 136 Å². The Morgan fingerprint density at radius 3 is 2.21 bits per heavy atom. The number of hydrogen-bond acceptors (Lipinski definition) is 2. The summed E-state index contributed by atoms with van der Waals surface area (Å²) >= 11 is 0. The molecule has 0 aromatic carbocycles. The van der Waals surface area contributed by atoms with Crippen molar-refractivity contribution in [2.75, 3.05) is 0 Å². The van der Waals surface area contributed by atoms with Crippen molar-refractivity contribution in [3.63, 3.8) is 0 Å². The quantitative estimate of drug-likeness (QED) is 0.322. The van der Waals surface area contributed by atoms with Crippen LogP contribution in [-0.4, -0.2) is 12.4 Å². The van der Waals surface area contributed by atoms with Gasteiger partial charge in [-0.3, -0.25) is 0 Å². The lowest BCUT2D eigenvalue weighted by atomic mass is 9.65. The lowest BCUT2D eigenvalue weighted by Crippen LogP contribution is -2.42. The average molecular weight is 457 g/mol. The molecule has 4 rings (SSSR count). The van der Waals surface area contributed by atoms with E-state index in [4.69, 9.17) is 9.47 Å². The lowest BCUT2D eigenvalue weighted by Gasteiger charge is -2.45. The van der Waals surface area contributed by atoms with Gasteiger partial charge in [0.2, 0.25) is 6.29 Å². The first-order valence-electron chi connectivity index (χ1n) is 14.7. The van der Waals surface area contributed by atoms with Gasteiger partial charge in [0.15, 0.2) is 0 Å². The van der Waals surface area contributed by atoms with Gasteiger partial charge >= 0.3 is 0 Å². The van der Waals surface area contributed by atoms with Gasteiger partial charge in [-0.1, -0.05) is 90.7 Å². The topological polar surface area (TPSA) is 18.5 Å². The van der Waals surface area contributed by atoms with Crippen LogP contribution in [0.15, 0.2) is 23.5 Å². The monoisotopic (exact) mass is 456 g/mol. The van der Waals surface area contributed by atoms with E-state index in [-0.39, 0.29) is 6.29 Å². The Morgan fingerprint density at radius 1 is 0.788 bits per heavy atom. The summed E-state index contributed by atoms with van der Waals surface area (Å²) in [6.07, 6.45) is 24.9. The van der Waals surface area contributed by atoms with Crippen molar-refractivity contribution in [3.05, 3.63) is 23.5 Å². The van der Waals surface area contributed by atoms with Crippen molar-refractivity contribution in [1.29, 1.82) is 0 Å². The second kappa shape index (κ2) is 12.3. The van der Waals surface area contributed by atoms with Crippen molar-refractivity contribution in [2.24, 2.45) is 35.5 Å². The molecule has 0 aromatic heterocycles. The molecule has 0 saturated heterocycles. The summed E-state index contributed by atoms with van der Waals surface area (Å²) in [6.45, 7) is 9.50. The number of hydrogen-bond donors (Lipinski definition) is 0. The summed E-state index contributed by atoms with van der Waals surface area (Å²) in [5.74, 6) is 5.70. The summed E-state index contributed by atoms with van der Waals surface area (Å²) in [4.78, 5) is 0. The maximum Gasteiger partial charge on any atom is 0.202 e. The fourth-order valence-electron chi connectivity index (χ4n) is 7.48. The van der Waals surface area contributed by atoms with E-state index in [1.165, 1.54) is 89.2 Å². The third kappa shape index (κ3) is 6.89. The van der Waals surface area contributed by atoms with Gasteiger partial charge in [-0.05, 0) is 74.2 Å². The molecular formula is C31H52O2. The first-order valence-corrected chi connectivity index (χ1v) is 14.7. The van der Waals surface area contributed by atoms with Crippen molar-refractivity contribution < 1.29 is 9.47 Å². The second-order valence-electron chi connectivity index (χ2n) is 12.5. The highest BCUT2D eigenvalue weighted by Crippen LogP contribution is 2.47. The minimum Gasteiger partial charge on any atom is -0.469 e. The van der Waals surface area contributed by atoms with Gasteiger partial charge in [0.1, 0.15) is 0 Å². The number of fused-ring (bicyclic) bond motifs is 1. The Morgan fingerprint density at radius 2 is 1.52 bits per heavy atom. The first-order chi connectivity index (χ1) is 16.0. The fourth-order valence-corrected chi connectivity index (χ4v) is 7.48. The molecule has 4 aliphatic carbocycles. The fraction of sp³-hybridized carbons (Fsp3) is 0.871. The van der Waals surface area contributed by atoms with E-state index in [2.05, 4.69) is 39.8 Å². The van der Waals surface area contributed by atoms with Crippen LogP contribution in [0.25, 0.3) is 0 Å². The molecule has 0 spiro atoms. The van der Waals surface area contributed by atoms with Crippen molar-refractivity contribution >= 4 is 0 Å². The molecule has 33 heavy (non-hydrogen) atoms. The Kier molecular flexibility index (Phi) is 9.43. The predicted octanol–water partition coefficient (Wildman–Crippen LogP) is 9.21. The number of rotatable bonds is 9. The van der Waals surface area contributed by atoms with Crippen molar-refractivity contribution in [3.8, 4) is 0 Å². The van der Waals surface area contributed by atoms with Crippen molar-refractivity contribution in [1.82, 2.24) is 0 Å². The van der Waals surface area contributed by atoms with E-state index >= 15 is 0 Å². The van der Waals surface area contributed by atoms with Gasteiger partial charge in [0.25, 0.3) is 0 Å². The van der Waals surface area contributed by atoms with Crippen LogP contribution in [0.2, 0.25) is 0 Å². The maximum absolute atomic E-state index is 6.86. The van der Waals surface area contributed by atoms with E-state index in [0.717, 1.165) is 30.6 Å². The van der Waals surface area contributed by atoms with Crippen LogP contribution in [0.5, 0.6) is 0 Å². The molecule has 188 valence electrons. The van der Waals surface area contributed by atoms with E-state index in [9.17, 15) is 0 Å². The predicted molar refractivity (Wildman–Crippen MR) is 139 cm³/mol. The van der Waals surface area contributed by atoms with E-state index in [1.807, 2.05) is 0 Å². The van der Waals surface area contributed by atoms with E-state index < -0.39 is 0 Å². The number of allylic oxidation sites excluding steroid dienone is 4. The van der Waals surface area contributed by atoms with Gasteiger partial charge in [-0.2, -0.15) is 0 Å². The van der Waals surface area contributed by atoms with Crippen LogP contribution < -0.4 is 0 Å². The average Bonchev–Trinajstić information content (AvgIpc) is 2.83. The third-order valence-corrected chi connectivity index (χ3v) is 9.28. The molecular weight excluding hydrogens is 404 g/mol. The minimum absolute atomic E-state index is 0.0169. The maximum atomic E-state index is 6.86. The summed E-state index contributed by atoms with van der Waals surface area (Å²) in [5, 5.41) is 0. The van der Waals surface area contributed by atoms with Gasteiger partial charge in [0.05, 0.1) is 11.9 Å². The van der Waals surface area contributed by atoms with Crippen LogP contribution in [0.1, 0.15) is 124 Å². The molecule has 2 nitrogen and oxygen atoms in total. The molecule has 4 aliphatic rings. The molecule has 0 N–H and O–H groups in total. The van der Waals surface area contributed by atoms with Gasteiger partial charge in [-0.25, -0.2) is 0 Å². The summed E-state index contributed by atoms with van der Waals surface area (Å²) in [6, 6.07) is 0. The Balaban J connectivity index is 1.47. The molecule has 0 heterocycles. The lowest BCUT2D eigenvalue weighted by molar-refractivity contribution is -0.205. The Labute approximate surface area is 205 Å². The zero-order valence-corrected chi connectivity index (χ0v) is 22.2. The van der Waals surface area contributed by atoms with Crippen LogP contribution in [0.3, 0.4) is 0 Å². The van der Waals surface area contributed by atoms with Crippen LogP contribution in [0, 0.1) is 35.5 Å². The number of ether oxygens (including phenoxy) is 2. The standard InChI is InChI=1S/C31H52O2/c1-22(2)21-30(23(3)4)25-17-19-27(20-18-25)33-31(32-26-13-6-5-7-14-26)29-16-10-12-24-11-8-9-15-28(24)29/h17,19,22-24,26,28-31H,5-16,18,20-21H2,1-4H3. The highest BCUT2D eigenvalue weighted by Gasteiger charge is 2.41. The van der Waals surface area contributed by atoms with Gasteiger partial charge < -0.3 is 9.47 Å². The molecule has 0 aliphatic heterocycles. The molecule has 0 bridgehead atoms. The SMILES string of the molecule is CC(C)CC(C1=CC=C(OC(OC2CCCCC2)C2CCCC3CCCCC32)CC1)C(C)C. The third-order valence-electron chi connectivity index (χ3n) is 9.28. The molecule has 5 atom stereocenters. The molecule has 0 radical (unpaired) electrons. The second-order valence-corrected chi connectivity index (χ2v) is 12.5. The zero-order valence-electron chi connectivity index (χ0n) is 22.2. The van der Waals surface area contributed by atoms with E-state index in [0.29, 0.717) is 23.9 Å². The normalized spacial score (nSPS) is 31.0. The first kappa shape index (κ1) is 25.3. The molecule has 5 unspecified atom stereocenters. The summed E-state index contributed by atoms with van der Waals surface area (Å²) in [7, 11) is 0. The molecule has 2 heteroatoms. The molecule has 0 aromatic rings. The van der Waals surface area contributed by atoms with Crippen LogP contribution in [-0.2, 0) is 9.47 Å². The van der Waals surface area contributed by atoms with Crippen LogP contribution >= 0.6 is 0 Å². The molecule has 0 amide bonds. The van der Waals surface area contributed by atoms with Gasteiger partial charge in [-0.15, -0.1) is 0 Å². The largest absolute Gasteiger partial charge is 0.469 e.